The van der Waals surface area contributed by atoms with Crippen LogP contribution in [-0.2, 0) is 12.7 Å². The second-order valence-electron chi connectivity index (χ2n) is 7.43. The Balaban J connectivity index is 1.52. The van der Waals surface area contributed by atoms with Crippen LogP contribution in [0.5, 0.6) is 0 Å². The quantitative estimate of drug-likeness (QED) is 0.665. The van der Waals surface area contributed by atoms with Crippen molar-refractivity contribution in [3.05, 3.63) is 70.2 Å². The molecule has 1 aliphatic heterocycles. The lowest BCUT2D eigenvalue weighted by Gasteiger charge is -2.42. The maximum absolute atomic E-state index is 12.6. The van der Waals surface area contributed by atoms with Crippen molar-refractivity contribution in [1.82, 2.24) is 10.2 Å². The molecule has 1 heterocycles. The third-order valence-electron chi connectivity index (χ3n) is 5.25. The number of halogens is 4. The molecule has 9 heteroatoms. The molecular formula is C21H22ClF3N2O3. The van der Waals surface area contributed by atoms with Crippen molar-refractivity contribution in [2.75, 3.05) is 19.6 Å². The molecule has 1 saturated heterocycles. The van der Waals surface area contributed by atoms with Crippen molar-refractivity contribution >= 4 is 17.5 Å². The average Bonchev–Trinajstić information content (AvgIpc) is 2.70. The smallest absolute Gasteiger partial charge is 0.388 e. The van der Waals surface area contributed by atoms with E-state index >= 15 is 0 Å². The predicted octanol–water partition coefficient (Wildman–Crippen LogP) is 3.09. The van der Waals surface area contributed by atoms with E-state index in [0.29, 0.717) is 16.1 Å². The fourth-order valence-electron chi connectivity index (χ4n) is 3.37. The number of carbonyl (C=O) groups excluding carboxylic acids is 1. The summed E-state index contributed by atoms with van der Waals surface area (Å²) in [7, 11) is 0. The number of rotatable bonds is 5. The van der Waals surface area contributed by atoms with E-state index < -0.39 is 23.4 Å². The van der Waals surface area contributed by atoms with Gasteiger partial charge in [-0.2, -0.15) is 13.2 Å². The first-order chi connectivity index (χ1) is 14.1. The Morgan fingerprint density at radius 1 is 1.17 bits per heavy atom. The van der Waals surface area contributed by atoms with Gasteiger partial charge in [0.05, 0.1) is 5.56 Å². The molecule has 0 bridgehead atoms. The van der Waals surface area contributed by atoms with Crippen LogP contribution in [0.15, 0.2) is 48.5 Å². The topological polar surface area (TPSA) is 72.8 Å². The molecule has 3 rings (SSSR count). The van der Waals surface area contributed by atoms with Crippen LogP contribution in [0.1, 0.15) is 27.9 Å². The number of likely N-dealkylation sites (tertiary alicyclic amines) is 1. The van der Waals surface area contributed by atoms with Crippen LogP contribution in [0, 0.1) is 0 Å². The van der Waals surface area contributed by atoms with E-state index in [1.165, 1.54) is 17.0 Å². The zero-order valence-electron chi connectivity index (χ0n) is 16.0. The second-order valence-corrected chi connectivity index (χ2v) is 7.86. The molecule has 30 heavy (non-hydrogen) atoms. The normalized spacial score (nSPS) is 22.2. The van der Waals surface area contributed by atoms with Crippen molar-refractivity contribution in [1.29, 1.82) is 0 Å². The van der Waals surface area contributed by atoms with E-state index in [9.17, 15) is 28.2 Å². The molecule has 2 aromatic carbocycles. The number of alkyl halides is 3. The molecule has 0 unspecified atom stereocenters. The zero-order chi connectivity index (χ0) is 21.9. The van der Waals surface area contributed by atoms with E-state index in [0.717, 1.165) is 12.1 Å². The van der Waals surface area contributed by atoms with Gasteiger partial charge < -0.3 is 20.4 Å². The lowest BCUT2D eigenvalue weighted by Crippen LogP contribution is -2.60. The summed E-state index contributed by atoms with van der Waals surface area (Å²) in [5.41, 5.74) is -1.10. The highest BCUT2D eigenvalue weighted by molar-refractivity contribution is 6.30. The lowest BCUT2D eigenvalue weighted by atomic mass is 9.88. The van der Waals surface area contributed by atoms with Crippen LogP contribution in [0.4, 0.5) is 13.2 Å². The van der Waals surface area contributed by atoms with Gasteiger partial charge in [0.1, 0.15) is 11.7 Å². The van der Waals surface area contributed by atoms with E-state index in [4.69, 9.17) is 11.6 Å². The molecule has 0 spiro atoms. The van der Waals surface area contributed by atoms with Gasteiger partial charge in [0, 0.05) is 36.8 Å². The number of aliphatic hydroxyl groups excluding tert-OH is 1. The standard InChI is InChI=1S/C21H22ClF3N2O3/c22-17-7-3-15(4-8-17)19(29)27-10-9-20(30,18(28)12-27)13-26-11-14-1-5-16(6-2-14)21(23,24)25/h1-8,18,26,28,30H,9-13H2/t18-,20-/m0/s1. The van der Waals surface area contributed by atoms with Gasteiger partial charge in [0.25, 0.3) is 5.91 Å². The van der Waals surface area contributed by atoms with Crippen LogP contribution in [0.2, 0.25) is 5.02 Å². The maximum atomic E-state index is 12.6. The minimum atomic E-state index is -4.39. The Morgan fingerprint density at radius 2 is 1.80 bits per heavy atom. The highest BCUT2D eigenvalue weighted by Gasteiger charge is 2.41. The Morgan fingerprint density at radius 3 is 2.37 bits per heavy atom. The molecule has 5 nitrogen and oxygen atoms in total. The van der Waals surface area contributed by atoms with Gasteiger partial charge in [-0.25, -0.2) is 0 Å². The van der Waals surface area contributed by atoms with Crippen molar-refractivity contribution in [2.45, 2.75) is 30.8 Å². The minimum absolute atomic E-state index is 0.0279. The number of β-amino-alcohol motifs (C(OH)–C–C–N with tert-alkyl or cyclic N) is 1. The number of hydrogen-bond donors (Lipinski definition) is 3. The summed E-state index contributed by atoms with van der Waals surface area (Å²) in [5, 5.41) is 24.7. The molecular weight excluding hydrogens is 421 g/mol. The monoisotopic (exact) mass is 442 g/mol. The molecule has 3 N–H and O–H groups in total. The number of hydrogen-bond acceptors (Lipinski definition) is 4. The molecule has 0 aromatic heterocycles. The van der Waals surface area contributed by atoms with Crippen LogP contribution >= 0.6 is 11.6 Å². The third-order valence-corrected chi connectivity index (χ3v) is 5.50. The first-order valence-corrected chi connectivity index (χ1v) is 9.78. The van der Waals surface area contributed by atoms with Crippen LogP contribution < -0.4 is 5.32 Å². The van der Waals surface area contributed by atoms with E-state index in [2.05, 4.69) is 5.32 Å². The van der Waals surface area contributed by atoms with E-state index in [1.54, 1.807) is 24.3 Å². The van der Waals surface area contributed by atoms with Crippen LogP contribution in [0.3, 0.4) is 0 Å². The largest absolute Gasteiger partial charge is 0.416 e. The summed E-state index contributed by atoms with van der Waals surface area (Å²) in [5.74, 6) is -0.259. The molecule has 0 aliphatic carbocycles. The number of nitrogens with zero attached hydrogens (tertiary/aromatic N) is 1. The number of benzene rings is 2. The fourth-order valence-corrected chi connectivity index (χ4v) is 3.49. The van der Waals surface area contributed by atoms with Crippen molar-refractivity contribution in [3.8, 4) is 0 Å². The van der Waals surface area contributed by atoms with Gasteiger partial charge in [0.15, 0.2) is 0 Å². The minimum Gasteiger partial charge on any atom is -0.388 e. The fraction of sp³-hybridized carbons (Fsp3) is 0.381. The maximum Gasteiger partial charge on any atom is 0.416 e. The summed E-state index contributed by atoms with van der Waals surface area (Å²) in [6, 6.07) is 11.1. The number of amides is 1. The Labute approximate surface area is 177 Å². The zero-order valence-corrected chi connectivity index (χ0v) is 16.7. The predicted molar refractivity (Wildman–Crippen MR) is 106 cm³/mol. The first kappa shape index (κ1) is 22.6. The lowest BCUT2D eigenvalue weighted by molar-refractivity contribution is -0.137. The number of nitrogens with one attached hydrogen (secondary N) is 1. The average molecular weight is 443 g/mol. The Kier molecular flexibility index (Phi) is 6.71. The van der Waals surface area contributed by atoms with Crippen molar-refractivity contribution in [2.24, 2.45) is 0 Å². The van der Waals surface area contributed by atoms with Gasteiger partial charge >= 0.3 is 6.18 Å². The molecule has 2 aromatic rings. The summed E-state index contributed by atoms with van der Waals surface area (Å²) < 4.78 is 37.8. The van der Waals surface area contributed by atoms with Crippen molar-refractivity contribution in [3.63, 3.8) is 0 Å². The van der Waals surface area contributed by atoms with Crippen molar-refractivity contribution < 1.29 is 28.2 Å². The summed E-state index contributed by atoms with van der Waals surface area (Å²) in [4.78, 5) is 14.0. The Hall–Kier alpha value is -2.13. The number of carbonyl (C=O) groups is 1. The molecule has 162 valence electrons. The van der Waals surface area contributed by atoms with Gasteiger partial charge in [-0.05, 0) is 48.4 Å². The summed E-state index contributed by atoms with van der Waals surface area (Å²) in [6.07, 6.45) is -5.39. The molecule has 0 radical (unpaired) electrons. The number of piperidine rings is 1. The SMILES string of the molecule is O=C(c1ccc(Cl)cc1)N1CC[C@](O)(CNCc2ccc(C(F)(F)F)cc2)[C@@H](O)C1. The van der Waals surface area contributed by atoms with E-state index in [1.807, 2.05) is 0 Å². The summed E-state index contributed by atoms with van der Waals surface area (Å²) in [6.45, 7) is 0.510. The van der Waals surface area contributed by atoms with Gasteiger partial charge in [-0.3, -0.25) is 4.79 Å². The molecule has 1 fully saturated rings. The third kappa shape index (κ3) is 5.31. The molecule has 1 amide bonds. The van der Waals surface area contributed by atoms with E-state index in [-0.39, 0.29) is 38.5 Å². The number of aliphatic hydroxyl groups is 2. The van der Waals surface area contributed by atoms with Crippen LogP contribution in [-0.4, -0.2) is 52.4 Å². The van der Waals surface area contributed by atoms with Gasteiger partial charge in [-0.1, -0.05) is 23.7 Å². The van der Waals surface area contributed by atoms with Crippen LogP contribution in [0.25, 0.3) is 0 Å². The molecule has 0 saturated carbocycles. The second kappa shape index (κ2) is 8.93. The highest BCUT2D eigenvalue weighted by Crippen LogP contribution is 2.29. The highest BCUT2D eigenvalue weighted by atomic mass is 35.5. The molecule has 2 atom stereocenters. The summed E-state index contributed by atoms with van der Waals surface area (Å²) >= 11 is 5.83. The Bertz CT molecular complexity index is 875. The van der Waals surface area contributed by atoms with Gasteiger partial charge in [0.2, 0.25) is 0 Å². The van der Waals surface area contributed by atoms with Gasteiger partial charge in [-0.15, -0.1) is 0 Å². The first-order valence-electron chi connectivity index (χ1n) is 9.41. The molecule has 1 aliphatic rings.